The van der Waals surface area contributed by atoms with Gasteiger partial charge in [0.2, 0.25) is 5.91 Å². The molecule has 2 aliphatic rings. The minimum Gasteiger partial charge on any atom is -0.323 e. The Morgan fingerprint density at radius 2 is 2.00 bits per heavy atom. The van der Waals surface area contributed by atoms with Crippen molar-refractivity contribution in [3.63, 3.8) is 0 Å². The van der Waals surface area contributed by atoms with E-state index in [0.717, 1.165) is 18.4 Å². The van der Waals surface area contributed by atoms with Crippen molar-refractivity contribution in [3.05, 3.63) is 29.1 Å². The van der Waals surface area contributed by atoms with Gasteiger partial charge in [-0.15, -0.1) is 12.4 Å². The Bertz CT molecular complexity index is 718. The van der Waals surface area contributed by atoms with Crippen molar-refractivity contribution in [2.75, 3.05) is 17.6 Å². The van der Waals surface area contributed by atoms with E-state index in [2.05, 4.69) is 10.6 Å². The van der Waals surface area contributed by atoms with Crippen LogP contribution in [0.4, 0.5) is 10.1 Å². The van der Waals surface area contributed by atoms with Crippen LogP contribution in [-0.4, -0.2) is 31.9 Å². The maximum Gasteiger partial charge on any atom is 0.239 e. The van der Waals surface area contributed by atoms with Gasteiger partial charge in [0, 0.05) is 6.54 Å². The van der Waals surface area contributed by atoms with Crippen LogP contribution in [0.3, 0.4) is 0 Å². The van der Waals surface area contributed by atoms with Gasteiger partial charge >= 0.3 is 0 Å². The van der Waals surface area contributed by atoms with E-state index < -0.39 is 32.6 Å². The number of halogens is 2. The molecule has 5 nitrogen and oxygen atoms in total. The summed E-state index contributed by atoms with van der Waals surface area (Å²) in [6, 6.07) is 3.27. The third-order valence-corrected chi connectivity index (χ3v) is 6.78. The third kappa shape index (κ3) is 4.07. The van der Waals surface area contributed by atoms with Crippen molar-refractivity contribution in [1.29, 1.82) is 0 Å². The molecule has 24 heavy (non-hydrogen) atoms. The number of carbonyl (C=O) groups is 1. The number of rotatable bonds is 4. The van der Waals surface area contributed by atoms with Crippen molar-refractivity contribution < 1.29 is 17.6 Å². The van der Waals surface area contributed by atoms with Gasteiger partial charge in [-0.05, 0) is 43.0 Å². The number of anilines is 1. The molecule has 1 aliphatic heterocycles. The lowest BCUT2D eigenvalue weighted by Gasteiger charge is -2.19. The van der Waals surface area contributed by atoms with Crippen molar-refractivity contribution in [2.45, 2.75) is 43.9 Å². The summed E-state index contributed by atoms with van der Waals surface area (Å²) >= 11 is 0. The van der Waals surface area contributed by atoms with Crippen LogP contribution in [0.25, 0.3) is 0 Å². The zero-order valence-corrected chi connectivity index (χ0v) is 14.9. The molecule has 1 aliphatic carbocycles. The van der Waals surface area contributed by atoms with Crippen LogP contribution in [0.15, 0.2) is 12.1 Å². The molecule has 1 saturated carbocycles. The molecule has 0 saturated heterocycles. The van der Waals surface area contributed by atoms with E-state index in [9.17, 15) is 17.6 Å². The van der Waals surface area contributed by atoms with E-state index in [0.29, 0.717) is 37.9 Å². The average molecular weight is 377 g/mol. The van der Waals surface area contributed by atoms with E-state index in [1.807, 2.05) is 0 Å². The van der Waals surface area contributed by atoms with Crippen LogP contribution in [-0.2, 0) is 27.6 Å². The number of nitrogens with one attached hydrogen (secondary N) is 2. The zero-order valence-electron chi connectivity index (χ0n) is 13.3. The van der Waals surface area contributed by atoms with Crippen LogP contribution in [0.1, 0.15) is 36.8 Å². The highest BCUT2D eigenvalue weighted by Crippen LogP contribution is 2.26. The first-order chi connectivity index (χ1) is 11.0. The van der Waals surface area contributed by atoms with Crippen molar-refractivity contribution in [1.82, 2.24) is 5.32 Å². The summed E-state index contributed by atoms with van der Waals surface area (Å²) in [6.45, 7) is 1.30. The Hall–Kier alpha value is -1.18. The largest absolute Gasteiger partial charge is 0.323 e. The van der Waals surface area contributed by atoms with Gasteiger partial charge in [0.25, 0.3) is 0 Å². The average Bonchev–Trinajstić information content (AvgIpc) is 3.05. The molecule has 2 N–H and O–H groups in total. The Balaban J connectivity index is 0.00000208. The van der Waals surface area contributed by atoms with Gasteiger partial charge in [-0.25, -0.2) is 12.8 Å². The normalized spacial score (nSPS) is 17.9. The maximum atomic E-state index is 14.5. The molecular formula is C16H22ClFN2O3S. The van der Waals surface area contributed by atoms with Crippen LogP contribution in [0, 0.1) is 5.82 Å². The molecule has 0 spiro atoms. The van der Waals surface area contributed by atoms with E-state index in [1.165, 1.54) is 6.07 Å². The molecule has 1 fully saturated rings. The minimum absolute atomic E-state index is 0. The fourth-order valence-corrected chi connectivity index (χ4v) is 5.09. The highest BCUT2D eigenvalue weighted by Gasteiger charge is 2.31. The smallest absolute Gasteiger partial charge is 0.239 e. The fraction of sp³-hybridized carbons (Fsp3) is 0.562. The summed E-state index contributed by atoms with van der Waals surface area (Å²) in [6.07, 6.45) is 3.58. The van der Waals surface area contributed by atoms with Gasteiger partial charge in [-0.1, -0.05) is 18.9 Å². The maximum absolute atomic E-state index is 14.5. The van der Waals surface area contributed by atoms with Gasteiger partial charge < -0.3 is 10.6 Å². The Kier molecular flexibility index (Phi) is 6.22. The minimum atomic E-state index is -3.45. The second-order valence-corrected chi connectivity index (χ2v) is 8.53. The number of fused-ring (bicyclic) bond motifs is 1. The quantitative estimate of drug-likeness (QED) is 0.844. The molecule has 3 rings (SSSR count). The second-order valence-electron chi connectivity index (χ2n) is 6.25. The summed E-state index contributed by atoms with van der Waals surface area (Å²) in [5, 5.41) is 5.16. The van der Waals surface area contributed by atoms with Gasteiger partial charge in [0.15, 0.2) is 9.84 Å². The lowest BCUT2D eigenvalue weighted by molar-refractivity contribution is -0.113. The Morgan fingerprint density at radius 3 is 2.71 bits per heavy atom. The zero-order chi connectivity index (χ0) is 16.4. The molecule has 1 heterocycles. The number of hydrogen-bond acceptors (Lipinski definition) is 4. The SMILES string of the molecule is Cl.O=C(CS(=O)(=O)C1CCCC1)Nc1ccc2c(c1F)CCNC2. The summed E-state index contributed by atoms with van der Waals surface area (Å²) < 4.78 is 38.8. The van der Waals surface area contributed by atoms with Crippen LogP contribution in [0.5, 0.6) is 0 Å². The molecule has 1 aromatic carbocycles. The van der Waals surface area contributed by atoms with E-state index in [1.54, 1.807) is 6.07 Å². The molecule has 8 heteroatoms. The number of amides is 1. The molecule has 0 aromatic heterocycles. The Labute approximate surface area is 147 Å². The molecule has 0 atom stereocenters. The number of carbonyl (C=O) groups excluding carboxylic acids is 1. The van der Waals surface area contributed by atoms with E-state index >= 15 is 0 Å². The first-order valence-corrected chi connectivity index (χ1v) is 9.71. The van der Waals surface area contributed by atoms with Crippen molar-refractivity contribution in [3.8, 4) is 0 Å². The lowest BCUT2D eigenvalue weighted by atomic mass is 9.99. The van der Waals surface area contributed by atoms with E-state index in [4.69, 9.17) is 0 Å². The predicted molar refractivity (Wildman–Crippen MR) is 93.7 cm³/mol. The first-order valence-electron chi connectivity index (χ1n) is 8.00. The van der Waals surface area contributed by atoms with Crippen LogP contribution < -0.4 is 10.6 Å². The predicted octanol–water partition coefficient (Wildman–Crippen LogP) is 2.19. The number of sulfone groups is 1. The molecule has 1 aromatic rings. The van der Waals surface area contributed by atoms with Crippen molar-refractivity contribution in [2.24, 2.45) is 0 Å². The van der Waals surface area contributed by atoms with E-state index in [-0.39, 0.29) is 18.1 Å². The Morgan fingerprint density at radius 1 is 1.29 bits per heavy atom. The highest BCUT2D eigenvalue weighted by atomic mass is 35.5. The van der Waals surface area contributed by atoms with Crippen molar-refractivity contribution >= 4 is 33.8 Å². The summed E-state index contributed by atoms with van der Waals surface area (Å²) in [7, 11) is -3.45. The molecule has 0 radical (unpaired) electrons. The highest BCUT2D eigenvalue weighted by molar-refractivity contribution is 7.92. The fourth-order valence-electron chi connectivity index (χ4n) is 3.36. The summed E-state index contributed by atoms with van der Waals surface area (Å²) in [4.78, 5) is 12.0. The van der Waals surface area contributed by atoms with Crippen LogP contribution >= 0.6 is 12.4 Å². The number of hydrogen-bond donors (Lipinski definition) is 2. The molecule has 1 amide bonds. The van der Waals surface area contributed by atoms with Crippen LogP contribution in [0.2, 0.25) is 0 Å². The molecule has 0 bridgehead atoms. The second kappa shape index (κ2) is 7.80. The first kappa shape index (κ1) is 19.1. The number of benzene rings is 1. The van der Waals surface area contributed by atoms with Gasteiger partial charge in [-0.2, -0.15) is 0 Å². The molecule has 134 valence electrons. The summed E-state index contributed by atoms with van der Waals surface area (Å²) in [5.41, 5.74) is 1.54. The molecule has 0 unspecified atom stereocenters. The van der Waals surface area contributed by atoms with Gasteiger partial charge in [0.1, 0.15) is 11.6 Å². The van der Waals surface area contributed by atoms with Gasteiger partial charge in [0.05, 0.1) is 10.9 Å². The monoisotopic (exact) mass is 376 g/mol. The molecular weight excluding hydrogens is 355 g/mol. The summed E-state index contributed by atoms with van der Waals surface area (Å²) in [5.74, 6) is -1.68. The van der Waals surface area contributed by atoms with Gasteiger partial charge in [-0.3, -0.25) is 4.79 Å². The lowest BCUT2D eigenvalue weighted by Crippen LogP contribution is -2.30. The standard InChI is InChI=1S/C16H21FN2O3S.ClH/c17-16-13-7-8-18-9-11(13)5-6-14(16)19-15(20)10-23(21,22)12-3-1-2-4-12;/h5-6,12,18H,1-4,7-10H2,(H,19,20);1H. The third-order valence-electron chi connectivity index (χ3n) is 4.62. The topological polar surface area (TPSA) is 75.3 Å².